The fourth-order valence-electron chi connectivity index (χ4n) is 3.18. The van der Waals surface area contributed by atoms with Crippen LogP contribution in [0.3, 0.4) is 0 Å². The Kier molecular flexibility index (Phi) is 6.79. The second kappa shape index (κ2) is 8.83. The third-order valence-corrected chi connectivity index (χ3v) is 4.66. The number of rotatable bonds is 5. The van der Waals surface area contributed by atoms with E-state index in [1.807, 2.05) is 24.3 Å². The van der Waals surface area contributed by atoms with Crippen molar-refractivity contribution in [2.45, 2.75) is 52.0 Å². The Balaban J connectivity index is 1.81. The van der Waals surface area contributed by atoms with Crippen LogP contribution in [0.5, 0.6) is 0 Å². The average Bonchev–Trinajstić information content (AvgIpc) is 2.56. The summed E-state index contributed by atoms with van der Waals surface area (Å²) in [5.41, 5.74) is 1.73. The van der Waals surface area contributed by atoms with Crippen molar-refractivity contribution in [3.8, 4) is 0 Å². The smallest absolute Gasteiger partial charge is 0.313 e. The first-order valence-corrected chi connectivity index (χ1v) is 8.91. The zero-order valence-corrected chi connectivity index (χ0v) is 15.0. The van der Waals surface area contributed by atoms with E-state index in [9.17, 15) is 9.59 Å². The molecule has 0 bridgehead atoms. The molecule has 0 saturated carbocycles. The van der Waals surface area contributed by atoms with E-state index in [-0.39, 0.29) is 5.92 Å². The number of piperidine rings is 1. The molecule has 1 fully saturated rings. The first-order chi connectivity index (χ1) is 11.5. The van der Waals surface area contributed by atoms with Gasteiger partial charge >= 0.3 is 11.8 Å². The van der Waals surface area contributed by atoms with Crippen LogP contribution in [0.25, 0.3) is 0 Å². The summed E-state index contributed by atoms with van der Waals surface area (Å²) in [5.74, 6) is -0.891. The Hall–Kier alpha value is -1.88. The largest absolute Gasteiger partial charge is 0.347 e. The lowest BCUT2D eigenvalue weighted by Gasteiger charge is -2.33. The summed E-state index contributed by atoms with van der Waals surface area (Å²) in [7, 11) is 0. The fourth-order valence-corrected chi connectivity index (χ4v) is 3.18. The van der Waals surface area contributed by atoms with Crippen LogP contribution in [-0.4, -0.2) is 42.4 Å². The van der Waals surface area contributed by atoms with Crippen LogP contribution in [0.1, 0.15) is 51.5 Å². The predicted octanol–water partition coefficient (Wildman–Crippen LogP) is 2.74. The van der Waals surface area contributed by atoms with E-state index in [2.05, 4.69) is 36.3 Å². The van der Waals surface area contributed by atoms with Crippen molar-refractivity contribution in [3.05, 3.63) is 29.8 Å². The van der Waals surface area contributed by atoms with Crippen LogP contribution >= 0.6 is 0 Å². The number of nitrogens with zero attached hydrogens (tertiary/aromatic N) is 1. The van der Waals surface area contributed by atoms with E-state index >= 15 is 0 Å². The van der Waals surface area contributed by atoms with Crippen molar-refractivity contribution < 1.29 is 9.59 Å². The number of anilines is 1. The van der Waals surface area contributed by atoms with Crippen LogP contribution in [0, 0.1) is 0 Å². The molecule has 0 aromatic heterocycles. The second-order valence-corrected chi connectivity index (χ2v) is 6.83. The maximum Gasteiger partial charge on any atom is 0.313 e. The van der Waals surface area contributed by atoms with Gasteiger partial charge in [0.2, 0.25) is 0 Å². The van der Waals surface area contributed by atoms with Crippen LogP contribution < -0.4 is 10.6 Å². The third kappa shape index (κ3) is 5.06. The summed E-state index contributed by atoms with van der Waals surface area (Å²) < 4.78 is 0. The number of para-hydroxylation sites is 1. The molecule has 2 rings (SSSR count). The third-order valence-electron chi connectivity index (χ3n) is 4.66. The molecule has 2 N–H and O–H groups in total. The van der Waals surface area contributed by atoms with Gasteiger partial charge in [0.15, 0.2) is 0 Å². The van der Waals surface area contributed by atoms with Crippen molar-refractivity contribution >= 4 is 17.5 Å². The number of amides is 2. The van der Waals surface area contributed by atoms with Crippen molar-refractivity contribution in [3.63, 3.8) is 0 Å². The number of hydrogen-bond donors (Lipinski definition) is 2. The zero-order chi connectivity index (χ0) is 17.5. The molecular weight excluding hydrogens is 302 g/mol. The summed E-state index contributed by atoms with van der Waals surface area (Å²) in [6.45, 7) is 8.71. The van der Waals surface area contributed by atoms with Gasteiger partial charge in [-0.25, -0.2) is 0 Å². The Morgan fingerprint density at radius 3 is 2.67 bits per heavy atom. The highest BCUT2D eigenvalue weighted by atomic mass is 16.2. The van der Waals surface area contributed by atoms with Gasteiger partial charge in [0.05, 0.1) is 0 Å². The molecule has 1 atom stereocenters. The maximum atomic E-state index is 12.1. The van der Waals surface area contributed by atoms with E-state index in [0.29, 0.717) is 18.3 Å². The van der Waals surface area contributed by atoms with Crippen molar-refractivity contribution in [1.82, 2.24) is 10.2 Å². The Morgan fingerprint density at radius 2 is 1.96 bits per heavy atom. The predicted molar refractivity (Wildman–Crippen MR) is 97.1 cm³/mol. The van der Waals surface area contributed by atoms with E-state index in [0.717, 1.165) is 18.7 Å². The molecule has 1 aromatic rings. The lowest BCUT2D eigenvalue weighted by molar-refractivity contribution is -0.136. The van der Waals surface area contributed by atoms with E-state index in [1.54, 1.807) is 0 Å². The highest BCUT2D eigenvalue weighted by Gasteiger charge is 2.19. The van der Waals surface area contributed by atoms with E-state index < -0.39 is 11.8 Å². The number of likely N-dealkylation sites (tertiary alicyclic amines) is 1. The molecule has 5 heteroatoms. The van der Waals surface area contributed by atoms with Gasteiger partial charge in [-0.1, -0.05) is 38.5 Å². The molecule has 132 valence electrons. The lowest BCUT2D eigenvalue weighted by Crippen LogP contribution is -2.44. The van der Waals surface area contributed by atoms with Gasteiger partial charge in [-0.2, -0.15) is 0 Å². The summed E-state index contributed by atoms with van der Waals surface area (Å²) >= 11 is 0. The minimum absolute atomic E-state index is 0.283. The van der Waals surface area contributed by atoms with E-state index in [1.165, 1.54) is 19.3 Å². The first kappa shape index (κ1) is 18.5. The molecule has 1 aliphatic rings. The van der Waals surface area contributed by atoms with Crippen LogP contribution in [-0.2, 0) is 9.59 Å². The van der Waals surface area contributed by atoms with Gasteiger partial charge < -0.3 is 10.6 Å². The molecule has 5 nitrogen and oxygen atoms in total. The molecule has 1 heterocycles. The monoisotopic (exact) mass is 331 g/mol. The van der Waals surface area contributed by atoms with Crippen LogP contribution in [0.4, 0.5) is 5.69 Å². The molecular formula is C19H29N3O2. The zero-order valence-electron chi connectivity index (χ0n) is 15.0. The number of benzene rings is 1. The summed E-state index contributed by atoms with van der Waals surface area (Å²) in [4.78, 5) is 26.5. The van der Waals surface area contributed by atoms with Gasteiger partial charge in [-0.3, -0.25) is 14.5 Å². The molecule has 1 aromatic carbocycles. The highest BCUT2D eigenvalue weighted by Crippen LogP contribution is 2.23. The van der Waals surface area contributed by atoms with E-state index in [4.69, 9.17) is 0 Å². The Bertz CT molecular complexity index is 571. The molecule has 0 spiro atoms. The highest BCUT2D eigenvalue weighted by molar-refractivity contribution is 6.39. The summed E-state index contributed by atoms with van der Waals surface area (Å²) in [6.07, 6.45) is 3.70. The number of hydrogen-bond acceptors (Lipinski definition) is 3. The number of carbonyl (C=O) groups is 2. The molecule has 0 radical (unpaired) electrons. The fraction of sp³-hybridized carbons (Fsp3) is 0.579. The minimum Gasteiger partial charge on any atom is -0.347 e. The van der Waals surface area contributed by atoms with Crippen molar-refractivity contribution in [2.24, 2.45) is 0 Å². The van der Waals surface area contributed by atoms with Crippen molar-refractivity contribution in [1.29, 1.82) is 0 Å². The molecule has 1 saturated heterocycles. The minimum atomic E-state index is -0.602. The SMILES string of the molecule is CC(C)c1ccccc1NC(=O)C(=O)NCCN1CCCCC1C. The van der Waals surface area contributed by atoms with Crippen molar-refractivity contribution in [2.75, 3.05) is 25.0 Å². The topological polar surface area (TPSA) is 61.4 Å². The summed E-state index contributed by atoms with van der Waals surface area (Å²) in [5, 5.41) is 5.45. The van der Waals surface area contributed by atoms with Crippen LogP contribution in [0.15, 0.2) is 24.3 Å². The average molecular weight is 331 g/mol. The quantitative estimate of drug-likeness (QED) is 0.816. The molecule has 1 aliphatic heterocycles. The molecule has 0 aliphatic carbocycles. The normalized spacial score (nSPS) is 18.4. The first-order valence-electron chi connectivity index (χ1n) is 8.91. The van der Waals surface area contributed by atoms with Gasteiger partial charge in [0.25, 0.3) is 0 Å². The van der Waals surface area contributed by atoms with Gasteiger partial charge in [-0.05, 0) is 43.9 Å². The summed E-state index contributed by atoms with van der Waals surface area (Å²) in [6, 6.07) is 8.15. The Labute approximate surface area is 144 Å². The maximum absolute atomic E-state index is 12.1. The van der Waals surface area contributed by atoms with Gasteiger partial charge in [0.1, 0.15) is 0 Å². The second-order valence-electron chi connectivity index (χ2n) is 6.83. The van der Waals surface area contributed by atoms with Crippen LogP contribution in [0.2, 0.25) is 0 Å². The molecule has 24 heavy (non-hydrogen) atoms. The Morgan fingerprint density at radius 1 is 1.21 bits per heavy atom. The molecule has 1 unspecified atom stereocenters. The number of carbonyl (C=O) groups excluding carboxylic acids is 2. The van der Waals surface area contributed by atoms with Gasteiger partial charge in [-0.15, -0.1) is 0 Å². The van der Waals surface area contributed by atoms with Gasteiger partial charge in [0, 0.05) is 24.8 Å². The molecule has 2 amide bonds. The standard InChI is InChI=1S/C19H29N3O2/c1-14(2)16-9-4-5-10-17(16)21-19(24)18(23)20-11-13-22-12-7-6-8-15(22)3/h4-5,9-10,14-15H,6-8,11-13H2,1-3H3,(H,20,23)(H,21,24). The number of nitrogens with one attached hydrogen (secondary N) is 2. The lowest BCUT2D eigenvalue weighted by atomic mass is 10.0.